The molecule has 0 fully saturated rings. The molecule has 3 aromatic rings. The van der Waals surface area contributed by atoms with E-state index in [1.807, 2.05) is 12.1 Å². The zero-order chi connectivity index (χ0) is 19.4. The SMILES string of the molecule is CCOC(=O)c1csc(-n2nc(-c3ccc(Cl)cc3)cc2NC(=O)CCl)n1. The second kappa shape index (κ2) is 8.51. The Morgan fingerprint density at radius 2 is 2.04 bits per heavy atom. The molecular formula is C17H14Cl2N4O3S. The first kappa shape index (κ1) is 19.3. The molecule has 0 atom stereocenters. The molecule has 0 aliphatic carbocycles. The summed E-state index contributed by atoms with van der Waals surface area (Å²) in [5.41, 5.74) is 1.58. The van der Waals surface area contributed by atoms with Gasteiger partial charge < -0.3 is 10.1 Å². The second-order valence-corrected chi connectivity index (χ2v) is 6.79. The van der Waals surface area contributed by atoms with Gasteiger partial charge in [-0.2, -0.15) is 9.78 Å². The molecule has 0 saturated carbocycles. The Labute approximate surface area is 168 Å². The Bertz CT molecular complexity index is 969. The maximum absolute atomic E-state index is 11.8. The van der Waals surface area contributed by atoms with Crippen molar-refractivity contribution in [1.82, 2.24) is 14.8 Å². The molecule has 0 spiro atoms. The number of benzene rings is 1. The van der Waals surface area contributed by atoms with E-state index in [0.29, 0.717) is 21.7 Å². The van der Waals surface area contributed by atoms with E-state index in [1.165, 1.54) is 16.0 Å². The lowest BCUT2D eigenvalue weighted by molar-refractivity contribution is -0.114. The summed E-state index contributed by atoms with van der Waals surface area (Å²) >= 11 is 12.7. The van der Waals surface area contributed by atoms with Crippen molar-refractivity contribution in [2.45, 2.75) is 6.92 Å². The molecule has 1 aromatic carbocycles. The van der Waals surface area contributed by atoms with Crippen LogP contribution < -0.4 is 5.32 Å². The van der Waals surface area contributed by atoms with Gasteiger partial charge in [0.25, 0.3) is 0 Å². The van der Waals surface area contributed by atoms with Crippen LogP contribution >= 0.6 is 34.5 Å². The quantitative estimate of drug-likeness (QED) is 0.477. The van der Waals surface area contributed by atoms with Crippen molar-refractivity contribution in [3.8, 4) is 16.4 Å². The van der Waals surface area contributed by atoms with Crippen LogP contribution in [-0.2, 0) is 9.53 Å². The van der Waals surface area contributed by atoms with Gasteiger partial charge in [0.2, 0.25) is 11.0 Å². The van der Waals surface area contributed by atoms with Crippen LogP contribution in [0.25, 0.3) is 16.4 Å². The number of carbonyl (C=O) groups is 2. The summed E-state index contributed by atoms with van der Waals surface area (Å²) in [4.78, 5) is 27.9. The number of rotatable bonds is 6. The molecule has 0 bridgehead atoms. The minimum Gasteiger partial charge on any atom is -0.461 e. The van der Waals surface area contributed by atoms with Gasteiger partial charge >= 0.3 is 5.97 Å². The molecule has 140 valence electrons. The highest BCUT2D eigenvalue weighted by molar-refractivity contribution is 7.12. The van der Waals surface area contributed by atoms with Gasteiger partial charge in [-0.25, -0.2) is 9.78 Å². The van der Waals surface area contributed by atoms with Gasteiger partial charge in [-0.05, 0) is 19.1 Å². The van der Waals surface area contributed by atoms with Crippen LogP contribution in [-0.4, -0.2) is 39.1 Å². The number of hydrogen-bond donors (Lipinski definition) is 1. The number of anilines is 1. The van der Waals surface area contributed by atoms with Crippen molar-refractivity contribution in [2.24, 2.45) is 0 Å². The highest BCUT2D eigenvalue weighted by Gasteiger charge is 2.18. The Morgan fingerprint density at radius 3 is 2.70 bits per heavy atom. The van der Waals surface area contributed by atoms with Crippen molar-refractivity contribution >= 4 is 52.2 Å². The van der Waals surface area contributed by atoms with Crippen molar-refractivity contribution < 1.29 is 14.3 Å². The van der Waals surface area contributed by atoms with E-state index in [2.05, 4.69) is 15.4 Å². The molecular weight excluding hydrogens is 411 g/mol. The average Bonchev–Trinajstić information content (AvgIpc) is 3.29. The number of hydrogen-bond acceptors (Lipinski definition) is 6. The zero-order valence-corrected chi connectivity index (χ0v) is 16.4. The lowest BCUT2D eigenvalue weighted by Gasteiger charge is -2.04. The van der Waals surface area contributed by atoms with Gasteiger partial charge in [0.05, 0.1) is 12.3 Å². The van der Waals surface area contributed by atoms with Crippen molar-refractivity contribution in [3.63, 3.8) is 0 Å². The van der Waals surface area contributed by atoms with E-state index in [1.54, 1.807) is 30.5 Å². The molecule has 3 rings (SSSR count). The minimum absolute atomic E-state index is 0.176. The molecule has 0 unspecified atom stereocenters. The zero-order valence-electron chi connectivity index (χ0n) is 14.1. The predicted molar refractivity (Wildman–Crippen MR) is 105 cm³/mol. The summed E-state index contributed by atoms with van der Waals surface area (Å²) in [6, 6.07) is 8.81. The van der Waals surface area contributed by atoms with Crippen LogP contribution in [0.15, 0.2) is 35.7 Å². The third-order valence-electron chi connectivity index (χ3n) is 3.40. The largest absolute Gasteiger partial charge is 0.461 e. The Kier molecular flexibility index (Phi) is 6.10. The van der Waals surface area contributed by atoms with Gasteiger partial charge in [-0.15, -0.1) is 22.9 Å². The number of ether oxygens (including phenoxy) is 1. The summed E-state index contributed by atoms with van der Waals surface area (Å²) in [6.07, 6.45) is 0. The number of carbonyl (C=O) groups excluding carboxylic acids is 2. The number of thiazole rings is 1. The molecule has 0 saturated heterocycles. The third kappa shape index (κ3) is 4.47. The van der Waals surface area contributed by atoms with E-state index < -0.39 is 5.97 Å². The first-order valence-electron chi connectivity index (χ1n) is 7.86. The smallest absolute Gasteiger partial charge is 0.357 e. The highest BCUT2D eigenvalue weighted by Crippen LogP contribution is 2.27. The van der Waals surface area contributed by atoms with E-state index in [4.69, 9.17) is 27.9 Å². The molecule has 0 radical (unpaired) electrons. The van der Waals surface area contributed by atoms with Gasteiger partial charge in [-0.1, -0.05) is 23.7 Å². The number of nitrogens with one attached hydrogen (secondary N) is 1. The Balaban J connectivity index is 2.00. The molecule has 27 heavy (non-hydrogen) atoms. The number of alkyl halides is 1. The minimum atomic E-state index is -0.517. The van der Waals surface area contributed by atoms with Crippen LogP contribution in [0.4, 0.5) is 5.82 Å². The summed E-state index contributed by atoms with van der Waals surface area (Å²) in [5.74, 6) is -0.720. The van der Waals surface area contributed by atoms with Crippen molar-refractivity contribution in [2.75, 3.05) is 17.8 Å². The van der Waals surface area contributed by atoms with E-state index in [9.17, 15) is 9.59 Å². The normalized spacial score (nSPS) is 10.6. The summed E-state index contributed by atoms with van der Waals surface area (Å²) in [6.45, 7) is 1.97. The van der Waals surface area contributed by atoms with Gasteiger partial charge in [-0.3, -0.25) is 4.79 Å². The van der Waals surface area contributed by atoms with Gasteiger partial charge in [0.15, 0.2) is 5.69 Å². The lowest BCUT2D eigenvalue weighted by atomic mass is 10.1. The molecule has 0 aliphatic rings. The van der Waals surface area contributed by atoms with E-state index >= 15 is 0 Å². The van der Waals surface area contributed by atoms with Crippen LogP contribution in [0.1, 0.15) is 17.4 Å². The molecule has 2 heterocycles. The van der Waals surface area contributed by atoms with E-state index in [0.717, 1.165) is 5.56 Å². The first-order chi connectivity index (χ1) is 13.0. The fourth-order valence-electron chi connectivity index (χ4n) is 2.21. The number of aromatic nitrogens is 3. The molecule has 1 amide bonds. The number of esters is 1. The lowest BCUT2D eigenvalue weighted by Crippen LogP contribution is -2.16. The fraction of sp³-hybridized carbons (Fsp3) is 0.176. The monoisotopic (exact) mass is 424 g/mol. The fourth-order valence-corrected chi connectivity index (χ4v) is 3.16. The van der Waals surface area contributed by atoms with Gasteiger partial charge in [0, 0.05) is 22.0 Å². The molecule has 7 nitrogen and oxygen atoms in total. The highest BCUT2D eigenvalue weighted by atomic mass is 35.5. The topological polar surface area (TPSA) is 86.1 Å². The molecule has 10 heteroatoms. The van der Waals surface area contributed by atoms with Crippen LogP contribution in [0.5, 0.6) is 0 Å². The van der Waals surface area contributed by atoms with Gasteiger partial charge in [0.1, 0.15) is 11.7 Å². The van der Waals surface area contributed by atoms with Crippen LogP contribution in [0, 0.1) is 0 Å². The summed E-state index contributed by atoms with van der Waals surface area (Å²) < 4.78 is 6.40. The first-order valence-corrected chi connectivity index (χ1v) is 9.66. The predicted octanol–water partition coefficient (Wildman–Crippen LogP) is 4.00. The third-order valence-corrected chi connectivity index (χ3v) is 4.71. The molecule has 0 aliphatic heterocycles. The standard InChI is InChI=1S/C17H14Cl2N4O3S/c1-2-26-16(25)13-9-27-17(20-13)23-14(21-15(24)8-18)7-12(22-23)10-3-5-11(19)6-4-10/h3-7,9H,2,8H2,1H3,(H,21,24). The second-order valence-electron chi connectivity index (χ2n) is 5.25. The van der Waals surface area contributed by atoms with Crippen molar-refractivity contribution in [1.29, 1.82) is 0 Å². The maximum atomic E-state index is 11.8. The van der Waals surface area contributed by atoms with Crippen LogP contribution in [0.3, 0.4) is 0 Å². The molecule has 1 N–H and O–H groups in total. The number of amides is 1. The maximum Gasteiger partial charge on any atom is 0.357 e. The van der Waals surface area contributed by atoms with Crippen molar-refractivity contribution in [3.05, 3.63) is 46.4 Å². The number of halogens is 2. The number of nitrogens with zero attached hydrogens (tertiary/aromatic N) is 3. The Hall–Kier alpha value is -2.42. The molecule has 2 aromatic heterocycles. The average molecular weight is 425 g/mol. The van der Waals surface area contributed by atoms with E-state index in [-0.39, 0.29) is 24.1 Å². The Morgan fingerprint density at radius 1 is 1.30 bits per heavy atom. The summed E-state index contributed by atoms with van der Waals surface area (Å²) in [5, 5.41) is 9.76. The summed E-state index contributed by atoms with van der Waals surface area (Å²) in [7, 11) is 0. The van der Waals surface area contributed by atoms with Crippen LogP contribution in [0.2, 0.25) is 5.02 Å².